The van der Waals surface area contributed by atoms with Gasteiger partial charge in [-0.15, -0.1) is 0 Å². The second-order valence-electron chi connectivity index (χ2n) is 5.81. The zero-order chi connectivity index (χ0) is 19.1. The highest BCUT2D eigenvalue weighted by molar-refractivity contribution is 6.30. The number of hydrogen-bond donors (Lipinski definition) is 1. The van der Waals surface area contributed by atoms with Gasteiger partial charge in [-0.1, -0.05) is 60.1 Å². The summed E-state index contributed by atoms with van der Waals surface area (Å²) < 4.78 is 5.16. The van der Waals surface area contributed by atoms with E-state index < -0.39 is 18.5 Å². The molecule has 2 aromatic carbocycles. The van der Waals surface area contributed by atoms with Crippen LogP contribution >= 0.6 is 11.6 Å². The molecule has 0 aliphatic carbocycles. The number of nitrogens with one attached hydrogen (secondary N) is 1. The van der Waals surface area contributed by atoms with Crippen LogP contribution in [0.25, 0.3) is 0 Å². The van der Waals surface area contributed by atoms with Crippen LogP contribution in [0.1, 0.15) is 21.5 Å². The molecule has 0 spiro atoms. The van der Waals surface area contributed by atoms with Crippen LogP contribution in [0.2, 0.25) is 5.02 Å². The zero-order valence-corrected chi connectivity index (χ0v) is 15.1. The molecule has 0 aliphatic rings. The number of anilines is 1. The molecule has 1 heterocycles. The molecular formula is C21H17ClN2O3. The van der Waals surface area contributed by atoms with Gasteiger partial charge in [-0.05, 0) is 35.7 Å². The van der Waals surface area contributed by atoms with E-state index >= 15 is 0 Å². The summed E-state index contributed by atoms with van der Waals surface area (Å²) in [5, 5.41) is 3.01. The van der Waals surface area contributed by atoms with E-state index in [0.29, 0.717) is 22.8 Å². The predicted octanol–water partition coefficient (Wildman–Crippen LogP) is 4.12. The number of halogens is 1. The quantitative estimate of drug-likeness (QED) is 0.653. The first-order valence-electron chi connectivity index (χ1n) is 8.32. The molecule has 0 saturated carbocycles. The van der Waals surface area contributed by atoms with Crippen LogP contribution in [0.4, 0.5) is 5.82 Å². The maximum Gasteiger partial charge on any atom is 0.338 e. The van der Waals surface area contributed by atoms with Crippen molar-refractivity contribution in [3.63, 3.8) is 0 Å². The van der Waals surface area contributed by atoms with Crippen LogP contribution in [0.3, 0.4) is 0 Å². The first-order chi connectivity index (χ1) is 13.1. The number of amides is 1. The van der Waals surface area contributed by atoms with E-state index in [-0.39, 0.29) is 0 Å². The molecule has 6 heteroatoms. The number of nitrogens with zero attached hydrogens (tertiary/aromatic N) is 1. The van der Waals surface area contributed by atoms with Crippen molar-refractivity contribution in [1.82, 2.24) is 4.98 Å². The van der Waals surface area contributed by atoms with E-state index in [4.69, 9.17) is 16.3 Å². The highest BCUT2D eigenvalue weighted by atomic mass is 35.5. The lowest BCUT2D eigenvalue weighted by Crippen LogP contribution is -2.22. The second-order valence-corrected chi connectivity index (χ2v) is 6.24. The van der Waals surface area contributed by atoms with Crippen molar-refractivity contribution in [1.29, 1.82) is 0 Å². The number of carbonyl (C=O) groups excluding carboxylic acids is 2. The van der Waals surface area contributed by atoms with E-state index in [1.807, 2.05) is 42.5 Å². The first kappa shape index (κ1) is 18.6. The van der Waals surface area contributed by atoms with Gasteiger partial charge in [-0.3, -0.25) is 4.79 Å². The van der Waals surface area contributed by atoms with Crippen LogP contribution < -0.4 is 5.32 Å². The van der Waals surface area contributed by atoms with Crippen LogP contribution in [0.5, 0.6) is 0 Å². The van der Waals surface area contributed by atoms with Gasteiger partial charge in [0.2, 0.25) is 0 Å². The number of esters is 1. The lowest BCUT2D eigenvalue weighted by Gasteiger charge is -2.10. The van der Waals surface area contributed by atoms with Gasteiger partial charge in [0.25, 0.3) is 5.91 Å². The summed E-state index contributed by atoms with van der Waals surface area (Å²) in [5.41, 5.74) is 2.37. The fraction of sp³-hybridized carbons (Fsp3) is 0.0952. The van der Waals surface area contributed by atoms with E-state index in [0.717, 1.165) is 11.1 Å². The van der Waals surface area contributed by atoms with Crippen LogP contribution in [0.15, 0.2) is 72.9 Å². The summed E-state index contributed by atoms with van der Waals surface area (Å²) in [5.74, 6) is -0.676. The molecule has 5 nitrogen and oxygen atoms in total. The number of ether oxygens (including phenoxy) is 1. The first-order valence-corrected chi connectivity index (χ1v) is 8.70. The Morgan fingerprint density at radius 3 is 2.44 bits per heavy atom. The van der Waals surface area contributed by atoms with Gasteiger partial charge < -0.3 is 10.1 Å². The van der Waals surface area contributed by atoms with Gasteiger partial charge >= 0.3 is 5.97 Å². The third-order valence-corrected chi connectivity index (χ3v) is 4.03. The maximum absolute atomic E-state index is 12.4. The van der Waals surface area contributed by atoms with Crippen molar-refractivity contribution in [2.75, 3.05) is 11.9 Å². The predicted molar refractivity (Wildman–Crippen MR) is 104 cm³/mol. The highest BCUT2D eigenvalue weighted by Gasteiger charge is 2.14. The minimum absolute atomic E-state index is 0.338. The smallest absolute Gasteiger partial charge is 0.338 e. The number of aromatic nitrogens is 1. The molecule has 0 saturated heterocycles. The minimum atomic E-state index is -0.541. The molecule has 136 valence electrons. The fourth-order valence-corrected chi connectivity index (χ4v) is 2.64. The van der Waals surface area contributed by atoms with Gasteiger partial charge in [0.1, 0.15) is 5.82 Å². The Labute approximate surface area is 162 Å². The Morgan fingerprint density at radius 2 is 1.70 bits per heavy atom. The molecule has 3 rings (SSSR count). The van der Waals surface area contributed by atoms with Crippen LogP contribution in [-0.4, -0.2) is 23.5 Å². The molecule has 0 fully saturated rings. The molecule has 1 amide bonds. The molecule has 0 bridgehead atoms. The zero-order valence-electron chi connectivity index (χ0n) is 14.4. The third-order valence-electron chi connectivity index (χ3n) is 3.80. The monoisotopic (exact) mass is 380 g/mol. The molecular weight excluding hydrogens is 364 g/mol. The van der Waals surface area contributed by atoms with Crippen molar-refractivity contribution >= 4 is 29.3 Å². The van der Waals surface area contributed by atoms with Crippen molar-refractivity contribution in [3.05, 3.63) is 94.6 Å². The van der Waals surface area contributed by atoms with E-state index in [1.54, 1.807) is 24.3 Å². The third kappa shape index (κ3) is 5.39. The maximum atomic E-state index is 12.4. The van der Waals surface area contributed by atoms with Crippen LogP contribution in [-0.2, 0) is 16.0 Å². The number of hydrogen-bond acceptors (Lipinski definition) is 4. The highest BCUT2D eigenvalue weighted by Crippen LogP contribution is 2.16. The van der Waals surface area contributed by atoms with E-state index in [9.17, 15) is 9.59 Å². The number of carbonyl (C=O) groups is 2. The fourth-order valence-electron chi connectivity index (χ4n) is 2.53. The Kier molecular flexibility index (Phi) is 6.18. The summed E-state index contributed by atoms with van der Waals surface area (Å²) in [7, 11) is 0. The number of benzene rings is 2. The Bertz CT molecular complexity index is 928. The topological polar surface area (TPSA) is 68.3 Å². The molecule has 1 aromatic heterocycles. The van der Waals surface area contributed by atoms with Gasteiger partial charge in [0.15, 0.2) is 6.61 Å². The second kappa shape index (κ2) is 8.96. The molecule has 3 aromatic rings. The molecule has 0 radical (unpaired) electrons. The van der Waals surface area contributed by atoms with E-state index in [2.05, 4.69) is 10.3 Å². The van der Waals surface area contributed by atoms with Crippen LogP contribution in [0, 0.1) is 0 Å². The lowest BCUT2D eigenvalue weighted by molar-refractivity contribution is -0.119. The molecule has 0 unspecified atom stereocenters. The van der Waals surface area contributed by atoms with Crippen molar-refractivity contribution in [2.24, 2.45) is 0 Å². The average Bonchev–Trinajstić information content (AvgIpc) is 2.69. The summed E-state index contributed by atoms with van der Waals surface area (Å²) in [6.45, 7) is -0.400. The summed E-state index contributed by atoms with van der Waals surface area (Å²) in [4.78, 5) is 28.3. The SMILES string of the molecule is O=C(COC(=O)c1ccccc1Cc1ccccc1)Nc1ccc(Cl)cn1. The number of pyridine rings is 1. The van der Waals surface area contributed by atoms with Crippen molar-refractivity contribution in [3.8, 4) is 0 Å². The summed E-state index contributed by atoms with van der Waals surface area (Å²) >= 11 is 5.75. The molecule has 0 atom stereocenters. The van der Waals surface area contributed by atoms with Crippen molar-refractivity contribution in [2.45, 2.75) is 6.42 Å². The Morgan fingerprint density at radius 1 is 0.963 bits per heavy atom. The van der Waals surface area contributed by atoms with Crippen molar-refractivity contribution < 1.29 is 14.3 Å². The van der Waals surface area contributed by atoms with Gasteiger partial charge in [0.05, 0.1) is 10.6 Å². The van der Waals surface area contributed by atoms with Gasteiger partial charge in [-0.25, -0.2) is 9.78 Å². The minimum Gasteiger partial charge on any atom is -0.452 e. The van der Waals surface area contributed by atoms with Gasteiger partial charge in [0, 0.05) is 6.20 Å². The average molecular weight is 381 g/mol. The largest absolute Gasteiger partial charge is 0.452 e. The molecule has 27 heavy (non-hydrogen) atoms. The normalized spacial score (nSPS) is 10.3. The summed E-state index contributed by atoms with van der Waals surface area (Å²) in [6, 6.07) is 20.2. The lowest BCUT2D eigenvalue weighted by atomic mass is 10.00. The van der Waals surface area contributed by atoms with Gasteiger partial charge in [-0.2, -0.15) is 0 Å². The summed E-state index contributed by atoms with van der Waals surface area (Å²) in [6.07, 6.45) is 2.02. The number of rotatable bonds is 6. The Hall–Kier alpha value is -3.18. The Balaban J connectivity index is 1.61. The standard InChI is InChI=1S/C21H17ClN2O3/c22-17-10-11-19(23-13-17)24-20(25)14-27-21(26)18-9-5-4-8-16(18)12-15-6-2-1-3-7-15/h1-11,13H,12,14H2,(H,23,24,25). The molecule has 0 aliphatic heterocycles. The molecule has 1 N–H and O–H groups in total. The van der Waals surface area contributed by atoms with E-state index in [1.165, 1.54) is 6.20 Å².